The van der Waals surface area contributed by atoms with E-state index in [-0.39, 0.29) is 29.1 Å². The standard InChI is InChI=1S/C17H24FN3O4/c1-17(2,3)25-16(23)21-10-7-9(8-10)20-15(22)11-5-6-12(24-4)13(18)14(11)19/h5-6,9-10H,7-8,19H2,1-4H3,(H,20,22)(H,21,23). The van der Waals surface area contributed by atoms with Crippen LogP contribution in [0.15, 0.2) is 12.1 Å². The molecule has 2 rings (SSSR count). The van der Waals surface area contributed by atoms with E-state index in [1.165, 1.54) is 19.2 Å². The maximum Gasteiger partial charge on any atom is 0.407 e. The van der Waals surface area contributed by atoms with Crippen molar-refractivity contribution in [1.29, 1.82) is 0 Å². The van der Waals surface area contributed by atoms with Gasteiger partial charge in [0.15, 0.2) is 11.6 Å². The topological polar surface area (TPSA) is 103 Å². The van der Waals surface area contributed by atoms with Crippen LogP contribution < -0.4 is 21.1 Å². The number of nitrogens with one attached hydrogen (secondary N) is 2. The zero-order valence-electron chi connectivity index (χ0n) is 14.8. The van der Waals surface area contributed by atoms with E-state index in [0.717, 1.165) is 0 Å². The molecule has 0 saturated heterocycles. The van der Waals surface area contributed by atoms with Gasteiger partial charge in [0.1, 0.15) is 5.60 Å². The molecule has 1 aromatic carbocycles. The quantitative estimate of drug-likeness (QED) is 0.720. The van der Waals surface area contributed by atoms with Crippen LogP contribution in [0.25, 0.3) is 0 Å². The molecule has 1 aliphatic carbocycles. The van der Waals surface area contributed by atoms with E-state index < -0.39 is 23.4 Å². The number of anilines is 1. The van der Waals surface area contributed by atoms with Crippen molar-refractivity contribution >= 4 is 17.7 Å². The second-order valence-corrected chi connectivity index (χ2v) is 7.03. The van der Waals surface area contributed by atoms with Crippen molar-refractivity contribution in [3.63, 3.8) is 0 Å². The summed E-state index contributed by atoms with van der Waals surface area (Å²) in [6, 6.07) is 2.60. The summed E-state index contributed by atoms with van der Waals surface area (Å²) in [6.45, 7) is 5.36. The highest BCUT2D eigenvalue weighted by atomic mass is 19.1. The van der Waals surface area contributed by atoms with Crippen molar-refractivity contribution in [3.8, 4) is 5.75 Å². The third-order valence-corrected chi connectivity index (χ3v) is 3.80. The predicted octanol–water partition coefficient (Wildman–Crippen LogP) is 2.20. The summed E-state index contributed by atoms with van der Waals surface area (Å²) in [5.74, 6) is -1.23. The molecular formula is C17H24FN3O4. The second kappa shape index (κ2) is 7.16. The van der Waals surface area contributed by atoms with E-state index >= 15 is 0 Å². The molecule has 25 heavy (non-hydrogen) atoms. The second-order valence-electron chi connectivity index (χ2n) is 7.03. The van der Waals surface area contributed by atoms with Crippen LogP contribution in [0.1, 0.15) is 44.0 Å². The van der Waals surface area contributed by atoms with Gasteiger partial charge in [-0.3, -0.25) is 4.79 Å². The van der Waals surface area contributed by atoms with Crippen molar-refractivity contribution in [1.82, 2.24) is 10.6 Å². The van der Waals surface area contributed by atoms with E-state index in [4.69, 9.17) is 15.2 Å². The first-order chi connectivity index (χ1) is 11.6. The van der Waals surface area contributed by atoms with E-state index in [9.17, 15) is 14.0 Å². The summed E-state index contributed by atoms with van der Waals surface area (Å²) in [6.07, 6.45) is 0.663. The molecule has 0 radical (unpaired) electrons. The Hall–Kier alpha value is -2.51. The Kier molecular flexibility index (Phi) is 5.39. The van der Waals surface area contributed by atoms with Crippen LogP contribution >= 0.6 is 0 Å². The largest absolute Gasteiger partial charge is 0.494 e. The Balaban J connectivity index is 1.84. The lowest BCUT2D eigenvalue weighted by molar-refractivity contribution is 0.0465. The van der Waals surface area contributed by atoms with Gasteiger partial charge in [-0.25, -0.2) is 9.18 Å². The number of rotatable bonds is 4. The third-order valence-electron chi connectivity index (χ3n) is 3.80. The van der Waals surface area contributed by atoms with Gasteiger partial charge in [-0.15, -0.1) is 0 Å². The molecule has 0 unspecified atom stereocenters. The summed E-state index contributed by atoms with van der Waals surface area (Å²) < 4.78 is 23.9. The summed E-state index contributed by atoms with van der Waals surface area (Å²) in [7, 11) is 1.32. The number of ether oxygens (including phenoxy) is 2. The van der Waals surface area contributed by atoms with Gasteiger partial charge in [0.25, 0.3) is 5.91 Å². The molecule has 7 nitrogen and oxygen atoms in total. The van der Waals surface area contributed by atoms with Crippen LogP contribution in [0, 0.1) is 5.82 Å². The molecule has 138 valence electrons. The Bertz CT molecular complexity index is 667. The molecular weight excluding hydrogens is 329 g/mol. The SMILES string of the molecule is COc1ccc(C(=O)NC2CC(NC(=O)OC(C)(C)C)C2)c(N)c1F. The molecule has 1 aromatic rings. The van der Waals surface area contributed by atoms with E-state index in [0.29, 0.717) is 12.8 Å². The molecule has 0 aromatic heterocycles. The molecule has 1 aliphatic rings. The van der Waals surface area contributed by atoms with Gasteiger partial charge >= 0.3 is 6.09 Å². The van der Waals surface area contributed by atoms with E-state index in [1.54, 1.807) is 20.8 Å². The zero-order valence-corrected chi connectivity index (χ0v) is 14.8. The average Bonchev–Trinajstić information content (AvgIpc) is 2.45. The van der Waals surface area contributed by atoms with Gasteiger partial charge in [0.05, 0.1) is 18.4 Å². The number of carbonyl (C=O) groups is 2. The molecule has 4 N–H and O–H groups in total. The molecule has 8 heteroatoms. The number of alkyl carbamates (subject to hydrolysis) is 1. The molecule has 0 atom stereocenters. The van der Waals surface area contributed by atoms with Gasteiger partial charge in [0.2, 0.25) is 0 Å². The lowest BCUT2D eigenvalue weighted by Gasteiger charge is -2.36. The fourth-order valence-corrected chi connectivity index (χ4v) is 2.52. The van der Waals surface area contributed by atoms with E-state index in [2.05, 4.69) is 10.6 Å². The van der Waals surface area contributed by atoms with Crippen LogP contribution in [-0.4, -0.2) is 36.8 Å². The Morgan fingerprint density at radius 3 is 2.36 bits per heavy atom. The minimum atomic E-state index is -0.756. The number of benzene rings is 1. The molecule has 1 fully saturated rings. The predicted molar refractivity (Wildman–Crippen MR) is 91.0 cm³/mol. The van der Waals surface area contributed by atoms with Gasteiger partial charge in [-0.05, 0) is 45.7 Å². The first kappa shape index (κ1) is 18.8. The first-order valence-corrected chi connectivity index (χ1v) is 8.03. The first-order valence-electron chi connectivity index (χ1n) is 8.03. The highest BCUT2D eigenvalue weighted by Crippen LogP contribution is 2.27. The van der Waals surface area contributed by atoms with Crippen molar-refractivity contribution in [2.75, 3.05) is 12.8 Å². The van der Waals surface area contributed by atoms with Crippen molar-refractivity contribution in [2.24, 2.45) is 0 Å². The fourth-order valence-electron chi connectivity index (χ4n) is 2.52. The average molecular weight is 353 g/mol. The van der Waals surface area contributed by atoms with E-state index in [1.807, 2.05) is 0 Å². The molecule has 0 heterocycles. The van der Waals surface area contributed by atoms with Crippen LogP contribution in [0.2, 0.25) is 0 Å². The summed E-state index contributed by atoms with van der Waals surface area (Å²) in [4.78, 5) is 23.9. The highest BCUT2D eigenvalue weighted by molar-refractivity contribution is 5.99. The molecule has 0 aliphatic heterocycles. The normalized spacial score (nSPS) is 19.6. The monoisotopic (exact) mass is 353 g/mol. The lowest BCUT2D eigenvalue weighted by Crippen LogP contribution is -2.54. The van der Waals surface area contributed by atoms with Gasteiger partial charge < -0.3 is 25.8 Å². The maximum absolute atomic E-state index is 13.9. The van der Waals surface area contributed by atoms with Gasteiger partial charge in [-0.2, -0.15) is 0 Å². The smallest absolute Gasteiger partial charge is 0.407 e. The number of methoxy groups -OCH3 is 1. The minimum Gasteiger partial charge on any atom is -0.494 e. The van der Waals surface area contributed by atoms with Crippen LogP contribution in [0.5, 0.6) is 5.75 Å². The van der Waals surface area contributed by atoms with Gasteiger partial charge in [0, 0.05) is 12.1 Å². The molecule has 0 bridgehead atoms. The lowest BCUT2D eigenvalue weighted by atomic mass is 9.86. The maximum atomic E-state index is 13.9. The summed E-state index contributed by atoms with van der Waals surface area (Å²) in [5.41, 5.74) is 4.91. The number of halogens is 1. The molecule has 0 spiro atoms. The third kappa shape index (κ3) is 4.74. The summed E-state index contributed by atoms with van der Waals surface area (Å²) in [5, 5.41) is 5.51. The number of amides is 2. The Morgan fingerprint density at radius 1 is 1.20 bits per heavy atom. The Labute approximate surface area is 146 Å². The minimum absolute atomic E-state index is 0.0145. The van der Waals surface area contributed by atoms with Crippen molar-refractivity contribution in [2.45, 2.75) is 51.3 Å². The highest BCUT2D eigenvalue weighted by Gasteiger charge is 2.33. The fraction of sp³-hybridized carbons (Fsp3) is 0.529. The van der Waals surface area contributed by atoms with Crippen molar-refractivity contribution in [3.05, 3.63) is 23.5 Å². The van der Waals surface area contributed by atoms with Crippen LogP contribution in [-0.2, 0) is 4.74 Å². The van der Waals surface area contributed by atoms with Crippen molar-refractivity contribution < 1.29 is 23.5 Å². The van der Waals surface area contributed by atoms with Gasteiger partial charge in [-0.1, -0.05) is 0 Å². The Morgan fingerprint density at radius 2 is 1.80 bits per heavy atom. The van der Waals surface area contributed by atoms with Crippen LogP contribution in [0.3, 0.4) is 0 Å². The number of hydrogen-bond acceptors (Lipinski definition) is 5. The molecule has 2 amide bonds. The number of carbonyl (C=O) groups excluding carboxylic acids is 2. The zero-order chi connectivity index (χ0) is 18.8. The van der Waals surface area contributed by atoms with Crippen LogP contribution in [0.4, 0.5) is 14.9 Å². The number of nitrogen functional groups attached to an aromatic ring is 1. The molecule has 1 saturated carbocycles. The summed E-state index contributed by atoms with van der Waals surface area (Å²) >= 11 is 0. The number of nitrogens with two attached hydrogens (primary N) is 1. The number of hydrogen-bond donors (Lipinski definition) is 3.